The number of carbonyl (C=O) groups is 3. The smallest absolute Gasteiger partial charge is 0.207 e. The fourth-order valence-electron chi connectivity index (χ4n) is 5.43. The first-order chi connectivity index (χ1) is 14.4. The average Bonchev–Trinajstić information content (AvgIpc) is 2.69. The van der Waals surface area contributed by atoms with E-state index in [1.165, 1.54) is 30.0 Å². The van der Waals surface area contributed by atoms with Crippen molar-refractivity contribution in [1.82, 2.24) is 4.90 Å². The fourth-order valence-corrected chi connectivity index (χ4v) is 5.43. The summed E-state index contributed by atoms with van der Waals surface area (Å²) in [6.07, 6.45) is 0.642. The van der Waals surface area contributed by atoms with Crippen LogP contribution in [0, 0.1) is 11.8 Å². The lowest BCUT2D eigenvalue weighted by Crippen LogP contribution is -2.70. The summed E-state index contributed by atoms with van der Waals surface area (Å²) in [5.41, 5.74) is 0.337. The van der Waals surface area contributed by atoms with E-state index in [0.29, 0.717) is 0 Å². The van der Waals surface area contributed by atoms with Crippen molar-refractivity contribution in [3.8, 4) is 5.75 Å². The van der Waals surface area contributed by atoms with Crippen molar-refractivity contribution in [2.24, 2.45) is 17.6 Å². The molecule has 3 aliphatic rings. The second-order valence-corrected chi connectivity index (χ2v) is 8.78. The number of aliphatic hydroxyl groups excluding tert-OH is 1. The van der Waals surface area contributed by atoms with Crippen LogP contribution in [0.3, 0.4) is 0 Å². The van der Waals surface area contributed by atoms with E-state index in [1.54, 1.807) is 14.1 Å². The number of carbonyl (C=O) groups excluding carboxylic acids is 3. The molecule has 0 bridgehead atoms. The van der Waals surface area contributed by atoms with Gasteiger partial charge in [0.25, 0.3) is 0 Å². The predicted molar refractivity (Wildman–Crippen MR) is 116 cm³/mol. The Bertz CT molecular complexity index is 1110. The molecule has 1 unspecified atom stereocenters. The van der Waals surface area contributed by atoms with Gasteiger partial charge in [-0.25, -0.2) is 0 Å². The van der Waals surface area contributed by atoms with E-state index in [1.807, 2.05) is 0 Å². The van der Waals surface area contributed by atoms with Gasteiger partial charge in [-0.2, -0.15) is 0 Å². The van der Waals surface area contributed by atoms with Crippen LogP contribution in [0.15, 0.2) is 35.5 Å². The molecule has 0 aromatic heterocycles. The monoisotopic (exact) mass is 464 g/mol. The number of nitrogens with two attached hydrogens (primary N) is 1. The molecule has 0 amide bonds. The van der Waals surface area contributed by atoms with Gasteiger partial charge in [0.15, 0.2) is 11.4 Å². The third-order valence-electron chi connectivity index (χ3n) is 6.95. The minimum atomic E-state index is -2.65. The first-order valence-electron chi connectivity index (χ1n) is 9.83. The average molecular weight is 464 g/mol. The predicted octanol–water partition coefficient (Wildman–Crippen LogP) is -1.91. The Balaban J connectivity index is 0.00000193. The maximum atomic E-state index is 13.6. The van der Waals surface area contributed by atoms with Crippen LogP contribution in [0.25, 0.3) is 5.76 Å². The van der Waals surface area contributed by atoms with Crippen molar-refractivity contribution >= 4 is 23.1 Å². The number of nitrogens with zero attached hydrogens (tertiary/aromatic N) is 1. The number of hydrogen-bond donors (Lipinski definition) is 5. The van der Waals surface area contributed by atoms with Gasteiger partial charge >= 0.3 is 0 Å². The Morgan fingerprint density at radius 3 is 2.24 bits per heavy atom. The molecule has 2 saturated carbocycles. The Hall–Kier alpha value is -3.09. The van der Waals surface area contributed by atoms with Gasteiger partial charge in [0.05, 0.1) is 22.8 Å². The topological polar surface area (TPSA) is 224 Å². The summed E-state index contributed by atoms with van der Waals surface area (Å²) < 4.78 is 0. The van der Waals surface area contributed by atoms with Crippen molar-refractivity contribution in [3.05, 3.63) is 46.7 Å². The lowest BCUT2D eigenvalue weighted by molar-refractivity contribution is -0.169. The van der Waals surface area contributed by atoms with Crippen LogP contribution in [-0.2, 0) is 20.0 Å². The Morgan fingerprint density at radius 1 is 1.09 bits per heavy atom. The Labute approximate surface area is 189 Å². The van der Waals surface area contributed by atoms with Crippen molar-refractivity contribution in [3.63, 3.8) is 0 Å². The first kappa shape index (κ1) is 26.2. The molecule has 33 heavy (non-hydrogen) atoms. The quantitative estimate of drug-likeness (QED) is 0.177. The third-order valence-corrected chi connectivity index (χ3v) is 6.95. The molecule has 0 aliphatic heterocycles. The standard InChI is InChI=1S/C22H24N2O7.2H2O/c1-21(30)10-5-4-6-13(25)14(10)18(27)15-11(21)7-12-16(24(2)3)17(26)9(8-23)19(28)22(12,31)20(15)29;;/h4-6,8,11-12,16,25,27,30-31H,7,23H2,1-3H3;2*1H2/b9-8-;;/t11?,12-,16-,21+,22+;;/m0../s1. The highest BCUT2D eigenvalue weighted by atomic mass is 16.3. The second-order valence-electron chi connectivity index (χ2n) is 8.78. The van der Waals surface area contributed by atoms with Gasteiger partial charge in [0, 0.05) is 23.6 Å². The molecule has 10 N–H and O–H groups in total. The minimum Gasteiger partial charge on any atom is -0.507 e. The lowest BCUT2D eigenvalue weighted by atomic mass is 9.53. The van der Waals surface area contributed by atoms with Crippen LogP contribution in [-0.4, -0.2) is 79.4 Å². The summed E-state index contributed by atoms with van der Waals surface area (Å²) in [5, 5.41) is 44.1. The van der Waals surface area contributed by atoms with E-state index in [2.05, 4.69) is 0 Å². The van der Waals surface area contributed by atoms with E-state index in [9.17, 15) is 34.8 Å². The van der Waals surface area contributed by atoms with E-state index < -0.39 is 57.8 Å². The molecule has 11 heteroatoms. The summed E-state index contributed by atoms with van der Waals surface area (Å²) >= 11 is 0. The summed E-state index contributed by atoms with van der Waals surface area (Å²) in [6, 6.07) is 3.25. The molecular weight excluding hydrogens is 436 g/mol. The third kappa shape index (κ3) is 3.05. The maximum Gasteiger partial charge on any atom is 0.207 e. The van der Waals surface area contributed by atoms with Crippen LogP contribution in [0.5, 0.6) is 5.75 Å². The van der Waals surface area contributed by atoms with Gasteiger partial charge in [0.2, 0.25) is 11.6 Å². The zero-order valence-corrected chi connectivity index (χ0v) is 18.3. The summed E-state index contributed by atoms with van der Waals surface area (Å²) in [7, 11) is 3.15. The summed E-state index contributed by atoms with van der Waals surface area (Å²) in [4.78, 5) is 41.1. The van der Waals surface area contributed by atoms with Crippen molar-refractivity contribution in [2.75, 3.05) is 14.1 Å². The number of rotatable bonds is 1. The van der Waals surface area contributed by atoms with Gasteiger partial charge in [0.1, 0.15) is 11.5 Å². The summed E-state index contributed by atoms with van der Waals surface area (Å²) in [6.45, 7) is 1.43. The molecule has 2 fully saturated rings. The number of ketones is 3. The van der Waals surface area contributed by atoms with Crippen LogP contribution in [0.1, 0.15) is 24.5 Å². The minimum absolute atomic E-state index is 0. The number of hydrogen-bond acceptors (Lipinski definition) is 9. The molecule has 1 aromatic rings. The lowest BCUT2D eigenvalue weighted by Gasteiger charge is -2.53. The number of Topliss-reactive ketones (excluding diaryl/α,β-unsaturated/α-hetero) is 3. The van der Waals surface area contributed by atoms with E-state index in [-0.39, 0.29) is 39.8 Å². The molecule has 0 heterocycles. The number of fused-ring (bicyclic) bond motifs is 3. The molecule has 3 aliphatic carbocycles. The van der Waals surface area contributed by atoms with Crippen molar-refractivity contribution in [1.29, 1.82) is 0 Å². The van der Waals surface area contributed by atoms with Crippen LogP contribution < -0.4 is 5.73 Å². The van der Waals surface area contributed by atoms with E-state index in [4.69, 9.17) is 5.73 Å². The number of aliphatic hydroxyl groups is 3. The second kappa shape index (κ2) is 8.04. The highest BCUT2D eigenvalue weighted by molar-refractivity contribution is 6.35. The molecule has 180 valence electrons. The van der Waals surface area contributed by atoms with Crippen LogP contribution in [0.2, 0.25) is 0 Å². The van der Waals surface area contributed by atoms with Gasteiger partial charge in [-0.15, -0.1) is 0 Å². The van der Waals surface area contributed by atoms with Crippen LogP contribution >= 0.6 is 0 Å². The van der Waals surface area contributed by atoms with Crippen molar-refractivity contribution < 1.29 is 45.8 Å². The first-order valence-corrected chi connectivity index (χ1v) is 9.83. The van der Waals surface area contributed by atoms with Crippen LogP contribution in [0.4, 0.5) is 0 Å². The maximum absolute atomic E-state index is 13.6. The highest BCUT2D eigenvalue weighted by Crippen LogP contribution is 2.56. The molecule has 0 spiro atoms. The van der Waals surface area contributed by atoms with E-state index in [0.717, 1.165) is 6.20 Å². The fraction of sp³-hybridized carbons (Fsp3) is 0.409. The van der Waals surface area contributed by atoms with Gasteiger partial charge in [-0.1, -0.05) is 12.1 Å². The number of benzene rings is 1. The van der Waals surface area contributed by atoms with Gasteiger partial charge < -0.3 is 37.1 Å². The van der Waals surface area contributed by atoms with Crippen molar-refractivity contribution in [2.45, 2.75) is 30.6 Å². The molecule has 5 atom stereocenters. The molecule has 0 radical (unpaired) electrons. The van der Waals surface area contributed by atoms with Gasteiger partial charge in [-0.05, 0) is 39.1 Å². The SMILES string of the molecule is CN(C)[C@@H]1C(=O)/C(=C/N)C(=O)[C@@]2(O)C(=O)C3=C(O)c4c(O)cccc4[C@@](C)(O)C3C[C@@H]12.O.O. The molecule has 11 nitrogen and oxygen atoms in total. The zero-order valence-electron chi connectivity index (χ0n) is 18.3. The van der Waals surface area contributed by atoms with E-state index >= 15 is 0 Å². The Morgan fingerprint density at radius 2 is 1.70 bits per heavy atom. The molecular formula is C22H28N2O9. The normalized spacial score (nSPS) is 34.3. The number of phenolic OH excluding ortho intramolecular Hbond substituents is 1. The number of aromatic hydroxyl groups is 1. The molecule has 0 saturated heterocycles. The summed E-state index contributed by atoms with van der Waals surface area (Å²) in [5.74, 6) is -6.02. The zero-order chi connectivity index (χ0) is 23.0. The Kier molecular flexibility index (Phi) is 6.38. The number of likely N-dealkylation sites (N-methyl/N-ethyl adjacent to an activating group) is 1. The van der Waals surface area contributed by atoms with Gasteiger partial charge in [-0.3, -0.25) is 19.3 Å². The molecule has 4 rings (SSSR count). The number of phenols is 1. The molecule has 1 aromatic carbocycles. The largest absolute Gasteiger partial charge is 0.507 e. The highest BCUT2D eigenvalue weighted by Gasteiger charge is 2.67.